The fourth-order valence-corrected chi connectivity index (χ4v) is 5.39. The molecule has 2 aromatic carbocycles. The molecule has 1 heterocycles. The number of amides is 1. The van der Waals surface area contributed by atoms with Gasteiger partial charge in [-0.1, -0.05) is 67.4 Å². The summed E-state index contributed by atoms with van der Waals surface area (Å²) in [5.74, 6) is 1.69. The molecule has 3 aromatic rings. The van der Waals surface area contributed by atoms with E-state index in [0.29, 0.717) is 29.8 Å². The first-order valence-electron chi connectivity index (χ1n) is 12.0. The van der Waals surface area contributed by atoms with E-state index in [0.717, 1.165) is 22.6 Å². The third kappa shape index (κ3) is 6.14. The first-order chi connectivity index (χ1) is 16.5. The van der Waals surface area contributed by atoms with Crippen molar-refractivity contribution in [2.45, 2.75) is 63.4 Å². The lowest BCUT2D eigenvalue weighted by Gasteiger charge is -2.22. The van der Waals surface area contributed by atoms with Gasteiger partial charge in [-0.25, -0.2) is 0 Å². The number of carbonyl (C=O) groups excluding carboxylic acids is 2. The molecule has 1 aliphatic rings. The largest absolute Gasteiger partial charge is 0.356 e. The number of ketones is 1. The number of thioether (sulfide) groups is 1. The van der Waals surface area contributed by atoms with Gasteiger partial charge in [0.15, 0.2) is 10.9 Å². The summed E-state index contributed by atoms with van der Waals surface area (Å²) >= 11 is 1.40. The highest BCUT2D eigenvalue weighted by atomic mass is 32.2. The van der Waals surface area contributed by atoms with Crippen molar-refractivity contribution < 1.29 is 9.59 Å². The van der Waals surface area contributed by atoms with Crippen LogP contribution in [0.1, 0.15) is 72.3 Å². The highest BCUT2D eigenvalue weighted by molar-refractivity contribution is 7.99. The van der Waals surface area contributed by atoms with Crippen LogP contribution in [-0.4, -0.2) is 38.8 Å². The Kier molecular flexibility index (Phi) is 8.16. The van der Waals surface area contributed by atoms with E-state index in [2.05, 4.69) is 33.7 Å². The van der Waals surface area contributed by atoms with Gasteiger partial charge >= 0.3 is 0 Å². The molecule has 0 bridgehead atoms. The minimum absolute atomic E-state index is 0.0729. The van der Waals surface area contributed by atoms with Gasteiger partial charge in [-0.2, -0.15) is 0 Å². The summed E-state index contributed by atoms with van der Waals surface area (Å²) in [4.78, 5) is 24.2. The summed E-state index contributed by atoms with van der Waals surface area (Å²) in [5.41, 5.74) is 4.17. The van der Waals surface area contributed by atoms with Gasteiger partial charge in [0.25, 0.3) is 0 Å². The molecule has 6 nitrogen and oxygen atoms in total. The van der Waals surface area contributed by atoms with Gasteiger partial charge in [0.05, 0.1) is 5.75 Å². The molecule has 7 heteroatoms. The molecule has 0 unspecified atom stereocenters. The summed E-state index contributed by atoms with van der Waals surface area (Å²) in [6.07, 6.45) is 7.00. The van der Waals surface area contributed by atoms with Gasteiger partial charge in [-0.05, 0) is 48.9 Å². The molecule has 0 saturated heterocycles. The highest BCUT2D eigenvalue weighted by Crippen LogP contribution is 2.32. The second kappa shape index (κ2) is 11.5. The Bertz CT molecular complexity index is 1130. The number of rotatable bonds is 9. The van der Waals surface area contributed by atoms with Crippen molar-refractivity contribution in [2.24, 2.45) is 0 Å². The first-order valence-corrected chi connectivity index (χ1v) is 13.0. The lowest BCUT2D eigenvalue weighted by molar-refractivity contribution is -0.118. The quantitative estimate of drug-likeness (QED) is 0.336. The molecule has 1 amide bonds. The topological polar surface area (TPSA) is 76.9 Å². The number of carbonyl (C=O) groups is 2. The Balaban J connectivity index is 1.46. The zero-order valence-electron chi connectivity index (χ0n) is 19.9. The zero-order chi connectivity index (χ0) is 23.9. The average molecular weight is 477 g/mol. The fraction of sp³-hybridized carbons (Fsp3) is 0.407. The molecule has 1 aliphatic carbocycles. The van der Waals surface area contributed by atoms with Crippen molar-refractivity contribution in [3.8, 4) is 5.69 Å². The summed E-state index contributed by atoms with van der Waals surface area (Å²) in [7, 11) is 0. The van der Waals surface area contributed by atoms with Gasteiger partial charge in [-0.15, -0.1) is 10.2 Å². The van der Waals surface area contributed by atoms with E-state index in [1.165, 1.54) is 56.4 Å². The van der Waals surface area contributed by atoms with Crippen molar-refractivity contribution in [3.05, 3.63) is 71.0 Å². The number of nitrogens with zero attached hydrogens (tertiary/aromatic N) is 3. The van der Waals surface area contributed by atoms with Crippen molar-refractivity contribution in [3.63, 3.8) is 0 Å². The Morgan fingerprint density at radius 3 is 2.53 bits per heavy atom. The van der Waals surface area contributed by atoms with Crippen molar-refractivity contribution in [1.82, 2.24) is 20.1 Å². The molecule has 0 spiro atoms. The number of hydrogen-bond acceptors (Lipinski definition) is 5. The number of hydrogen-bond donors (Lipinski definition) is 1. The van der Waals surface area contributed by atoms with Crippen LogP contribution in [0.15, 0.2) is 53.7 Å². The molecule has 1 fully saturated rings. The van der Waals surface area contributed by atoms with Crippen LogP contribution < -0.4 is 5.32 Å². The van der Waals surface area contributed by atoms with Crippen LogP contribution in [0.3, 0.4) is 0 Å². The van der Waals surface area contributed by atoms with Gasteiger partial charge in [0.1, 0.15) is 5.82 Å². The SMILES string of the molecule is CC(=O)NCCc1nnc(SCC(=O)c2ccc(C3CCCCC3)cc2)n1-c1cccc(C)c1. The number of aromatic nitrogens is 3. The van der Waals surface area contributed by atoms with Crippen molar-refractivity contribution in [1.29, 1.82) is 0 Å². The van der Waals surface area contributed by atoms with E-state index < -0.39 is 0 Å². The second-order valence-electron chi connectivity index (χ2n) is 8.97. The third-order valence-electron chi connectivity index (χ3n) is 6.32. The van der Waals surface area contributed by atoms with Gasteiger partial charge in [0.2, 0.25) is 5.91 Å². The molecule has 1 aromatic heterocycles. The predicted octanol–water partition coefficient (Wildman–Crippen LogP) is 5.28. The number of nitrogens with one attached hydrogen (secondary N) is 1. The van der Waals surface area contributed by atoms with Crippen LogP contribution in [-0.2, 0) is 11.2 Å². The molecular formula is C27H32N4O2S. The highest BCUT2D eigenvalue weighted by Gasteiger charge is 2.18. The summed E-state index contributed by atoms with van der Waals surface area (Å²) in [5, 5.41) is 12.2. The number of benzene rings is 2. The van der Waals surface area contributed by atoms with Crippen LogP contribution >= 0.6 is 11.8 Å². The van der Waals surface area contributed by atoms with Crippen LogP contribution in [0.5, 0.6) is 0 Å². The molecule has 178 valence electrons. The molecule has 0 atom stereocenters. The molecule has 34 heavy (non-hydrogen) atoms. The molecule has 4 rings (SSSR count). The molecule has 1 N–H and O–H groups in total. The van der Waals surface area contributed by atoms with E-state index in [1.54, 1.807) is 0 Å². The molecule has 0 aliphatic heterocycles. The van der Waals surface area contributed by atoms with Crippen LogP contribution in [0.25, 0.3) is 5.69 Å². The monoisotopic (exact) mass is 476 g/mol. The van der Waals surface area contributed by atoms with Crippen LogP contribution in [0.4, 0.5) is 0 Å². The molecular weight excluding hydrogens is 444 g/mol. The average Bonchev–Trinajstić information content (AvgIpc) is 3.25. The predicted molar refractivity (Wildman–Crippen MR) is 136 cm³/mol. The third-order valence-corrected chi connectivity index (χ3v) is 7.25. The first kappa shape index (κ1) is 24.2. The Hall–Kier alpha value is -2.93. The van der Waals surface area contributed by atoms with E-state index in [-0.39, 0.29) is 11.7 Å². The van der Waals surface area contributed by atoms with Gasteiger partial charge < -0.3 is 5.32 Å². The maximum absolute atomic E-state index is 12.9. The Morgan fingerprint density at radius 1 is 1.06 bits per heavy atom. The van der Waals surface area contributed by atoms with Crippen LogP contribution in [0, 0.1) is 6.92 Å². The summed E-state index contributed by atoms with van der Waals surface area (Å²) in [6.45, 7) is 4.02. The maximum atomic E-state index is 12.9. The molecule has 1 saturated carbocycles. The minimum atomic E-state index is -0.0729. The Labute approximate surface area is 205 Å². The van der Waals surface area contributed by atoms with Gasteiger partial charge in [-0.3, -0.25) is 14.2 Å². The summed E-state index contributed by atoms with van der Waals surface area (Å²) in [6, 6.07) is 16.3. The number of aryl methyl sites for hydroxylation is 1. The normalized spacial score (nSPS) is 14.2. The summed E-state index contributed by atoms with van der Waals surface area (Å²) < 4.78 is 1.99. The van der Waals surface area contributed by atoms with E-state index in [1.807, 2.05) is 41.8 Å². The second-order valence-corrected chi connectivity index (χ2v) is 9.92. The lowest BCUT2D eigenvalue weighted by Crippen LogP contribution is -2.23. The maximum Gasteiger partial charge on any atom is 0.216 e. The molecule has 0 radical (unpaired) electrons. The van der Waals surface area contributed by atoms with E-state index in [9.17, 15) is 9.59 Å². The zero-order valence-corrected chi connectivity index (χ0v) is 20.7. The fourth-order valence-electron chi connectivity index (χ4n) is 4.52. The lowest BCUT2D eigenvalue weighted by atomic mass is 9.84. The van der Waals surface area contributed by atoms with Crippen molar-refractivity contribution >= 4 is 23.5 Å². The van der Waals surface area contributed by atoms with Gasteiger partial charge in [0, 0.05) is 31.1 Å². The number of Topliss-reactive ketones (excluding diaryl/α,β-unsaturated/α-hetero) is 1. The minimum Gasteiger partial charge on any atom is -0.356 e. The van der Waals surface area contributed by atoms with Crippen LogP contribution in [0.2, 0.25) is 0 Å². The van der Waals surface area contributed by atoms with E-state index >= 15 is 0 Å². The standard InChI is InChI=1S/C27H32N4O2S/c1-19-7-6-10-24(17-19)31-26(15-16-28-20(2)32)29-30-27(31)34-18-25(33)23-13-11-22(12-14-23)21-8-4-3-5-9-21/h6-7,10-14,17,21H,3-5,8-9,15-16,18H2,1-2H3,(H,28,32). The van der Waals surface area contributed by atoms with Crippen molar-refractivity contribution in [2.75, 3.05) is 12.3 Å². The smallest absolute Gasteiger partial charge is 0.216 e. The van der Waals surface area contributed by atoms with E-state index in [4.69, 9.17) is 0 Å². The Morgan fingerprint density at radius 2 is 1.82 bits per heavy atom.